The highest BCUT2D eigenvalue weighted by molar-refractivity contribution is 5.74. The van der Waals surface area contributed by atoms with E-state index >= 15 is 0 Å². The summed E-state index contributed by atoms with van der Waals surface area (Å²) < 4.78 is 5.52. The van der Waals surface area contributed by atoms with E-state index in [0.717, 1.165) is 11.4 Å². The van der Waals surface area contributed by atoms with E-state index in [9.17, 15) is 4.79 Å². The second-order valence-corrected chi connectivity index (χ2v) is 6.82. The molecule has 28 heavy (non-hydrogen) atoms. The van der Waals surface area contributed by atoms with Crippen molar-refractivity contribution in [2.45, 2.75) is 26.5 Å². The third-order valence-electron chi connectivity index (χ3n) is 4.36. The highest BCUT2D eigenvalue weighted by Gasteiger charge is 2.21. The topological polar surface area (TPSA) is 94.4 Å². The molecule has 0 atom stereocenters. The molecule has 2 amide bonds. The summed E-state index contributed by atoms with van der Waals surface area (Å²) in [5, 5.41) is 11.9. The van der Waals surface area contributed by atoms with Crippen LogP contribution in [-0.2, 0) is 6.54 Å². The van der Waals surface area contributed by atoms with Gasteiger partial charge in [-0.15, -0.1) is 0 Å². The summed E-state index contributed by atoms with van der Waals surface area (Å²) in [6, 6.07) is 9.19. The lowest BCUT2D eigenvalue weighted by molar-refractivity contribution is 0.194. The average molecular weight is 380 g/mol. The lowest BCUT2D eigenvalue weighted by atomic mass is 10.2. The van der Waals surface area contributed by atoms with Gasteiger partial charge in [0.2, 0.25) is 5.88 Å². The molecule has 0 radical (unpaired) electrons. The molecule has 0 aliphatic carbocycles. The summed E-state index contributed by atoms with van der Waals surface area (Å²) in [6.45, 7) is 6.88. The van der Waals surface area contributed by atoms with Gasteiger partial charge in [-0.25, -0.2) is 14.8 Å². The van der Waals surface area contributed by atoms with Crippen LogP contribution in [0.3, 0.4) is 0 Å². The van der Waals surface area contributed by atoms with Gasteiger partial charge >= 0.3 is 6.03 Å². The number of urea groups is 1. The predicted molar refractivity (Wildman–Crippen MR) is 105 cm³/mol. The van der Waals surface area contributed by atoms with Gasteiger partial charge in [0.1, 0.15) is 5.82 Å². The summed E-state index contributed by atoms with van der Waals surface area (Å²) in [6.07, 6.45) is 3.43. The summed E-state index contributed by atoms with van der Waals surface area (Å²) >= 11 is 0. The van der Waals surface area contributed by atoms with Crippen LogP contribution in [-0.4, -0.2) is 53.2 Å². The van der Waals surface area contributed by atoms with Crippen LogP contribution in [0.4, 0.5) is 10.6 Å². The Morgan fingerprint density at radius 3 is 2.68 bits per heavy atom. The number of piperazine rings is 1. The van der Waals surface area contributed by atoms with Gasteiger partial charge in [0.15, 0.2) is 0 Å². The largest absolute Gasteiger partial charge is 0.475 e. The predicted octanol–water partition coefficient (Wildman–Crippen LogP) is 2.17. The first-order valence-corrected chi connectivity index (χ1v) is 9.30. The second-order valence-electron chi connectivity index (χ2n) is 6.82. The fourth-order valence-corrected chi connectivity index (χ4v) is 2.92. The minimum absolute atomic E-state index is 0.0781. The van der Waals surface area contributed by atoms with Crippen LogP contribution >= 0.6 is 0 Å². The Balaban J connectivity index is 1.47. The van der Waals surface area contributed by atoms with Crippen LogP contribution < -0.4 is 15.0 Å². The quantitative estimate of drug-likeness (QED) is 0.854. The zero-order chi connectivity index (χ0) is 19.9. The highest BCUT2D eigenvalue weighted by atomic mass is 16.5. The SMILES string of the molecule is CC(C)Oc1ccc(CNC(=O)N2CCN(c3cc(C#N)ccn3)CC2)cn1. The molecule has 2 aromatic rings. The number of aromatic nitrogens is 2. The molecule has 2 aromatic heterocycles. The third kappa shape index (κ3) is 5.10. The maximum atomic E-state index is 12.4. The normalized spacial score (nSPS) is 13.9. The molecule has 1 aliphatic heterocycles. The van der Waals surface area contributed by atoms with E-state index in [0.29, 0.717) is 44.2 Å². The van der Waals surface area contributed by atoms with Gasteiger partial charge in [0.05, 0.1) is 17.7 Å². The Hall–Kier alpha value is -3.34. The number of carbonyl (C=O) groups excluding carboxylic acids is 1. The number of rotatable bonds is 5. The minimum atomic E-state index is -0.0964. The van der Waals surface area contributed by atoms with Gasteiger partial charge in [-0.05, 0) is 31.5 Å². The molecule has 0 aromatic carbocycles. The average Bonchev–Trinajstić information content (AvgIpc) is 2.73. The van der Waals surface area contributed by atoms with E-state index in [-0.39, 0.29) is 12.1 Å². The Morgan fingerprint density at radius 1 is 1.25 bits per heavy atom. The van der Waals surface area contributed by atoms with E-state index in [4.69, 9.17) is 10.00 Å². The Morgan fingerprint density at radius 2 is 2.04 bits per heavy atom. The van der Waals surface area contributed by atoms with Crippen molar-refractivity contribution in [3.05, 3.63) is 47.8 Å². The van der Waals surface area contributed by atoms with E-state index in [2.05, 4.69) is 26.3 Å². The number of hydrogen-bond donors (Lipinski definition) is 1. The highest BCUT2D eigenvalue weighted by Crippen LogP contribution is 2.15. The van der Waals surface area contributed by atoms with Crippen molar-refractivity contribution < 1.29 is 9.53 Å². The summed E-state index contributed by atoms with van der Waals surface area (Å²) in [7, 11) is 0. The van der Waals surface area contributed by atoms with Gasteiger partial charge in [-0.2, -0.15) is 5.26 Å². The number of nitriles is 1. The third-order valence-corrected chi connectivity index (χ3v) is 4.36. The molecule has 146 valence electrons. The maximum absolute atomic E-state index is 12.4. The lowest BCUT2D eigenvalue weighted by Gasteiger charge is -2.35. The van der Waals surface area contributed by atoms with E-state index in [1.165, 1.54) is 0 Å². The Kier molecular flexibility index (Phi) is 6.27. The van der Waals surface area contributed by atoms with Gasteiger partial charge in [0, 0.05) is 51.2 Å². The number of hydrogen-bond acceptors (Lipinski definition) is 6. The van der Waals surface area contributed by atoms with Crippen LogP contribution in [0.5, 0.6) is 5.88 Å². The standard InChI is InChI=1S/C20H24N6O2/c1-15(2)28-19-4-3-17(13-23-19)14-24-20(27)26-9-7-25(8-10-26)18-11-16(12-21)5-6-22-18/h3-6,11,13,15H,7-10,14H2,1-2H3,(H,24,27). The van der Waals surface area contributed by atoms with Crippen LogP contribution in [0.25, 0.3) is 0 Å². The molecule has 8 heteroatoms. The Labute approximate surface area is 164 Å². The van der Waals surface area contributed by atoms with Crippen LogP contribution in [0.15, 0.2) is 36.7 Å². The fourth-order valence-electron chi connectivity index (χ4n) is 2.92. The molecule has 3 rings (SSSR count). The minimum Gasteiger partial charge on any atom is -0.475 e. The summed E-state index contributed by atoms with van der Waals surface area (Å²) in [5.74, 6) is 1.35. The van der Waals surface area contributed by atoms with Crippen LogP contribution in [0.2, 0.25) is 0 Å². The lowest BCUT2D eigenvalue weighted by Crippen LogP contribution is -2.51. The van der Waals surface area contributed by atoms with E-state index < -0.39 is 0 Å². The van der Waals surface area contributed by atoms with Gasteiger partial charge in [0.25, 0.3) is 0 Å². The van der Waals surface area contributed by atoms with Gasteiger partial charge < -0.3 is 19.9 Å². The van der Waals surface area contributed by atoms with Crippen LogP contribution in [0, 0.1) is 11.3 Å². The number of nitrogens with one attached hydrogen (secondary N) is 1. The second kappa shape index (κ2) is 9.04. The van der Waals surface area contributed by atoms with Crippen molar-refractivity contribution in [2.24, 2.45) is 0 Å². The number of anilines is 1. The maximum Gasteiger partial charge on any atom is 0.317 e. The molecule has 1 aliphatic rings. The van der Waals surface area contributed by atoms with Crippen molar-refractivity contribution >= 4 is 11.8 Å². The number of nitrogens with zero attached hydrogens (tertiary/aromatic N) is 5. The van der Waals surface area contributed by atoms with Crippen molar-refractivity contribution in [1.29, 1.82) is 5.26 Å². The van der Waals surface area contributed by atoms with Crippen molar-refractivity contribution in [2.75, 3.05) is 31.1 Å². The Bertz CT molecular complexity index is 839. The number of amides is 2. The molecular weight excluding hydrogens is 356 g/mol. The molecule has 8 nitrogen and oxygen atoms in total. The summed E-state index contributed by atoms with van der Waals surface area (Å²) in [5.41, 5.74) is 1.50. The van der Waals surface area contributed by atoms with Gasteiger partial charge in [-0.3, -0.25) is 0 Å². The molecule has 0 spiro atoms. The first kappa shape index (κ1) is 19.4. The molecule has 0 saturated carbocycles. The van der Waals surface area contributed by atoms with Crippen molar-refractivity contribution in [1.82, 2.24) is 20.2 Å². The summed E-state index contributed by atoms with van der Waals surface area (Å²) in [4.78, 5) is 24.9. The molecular formula is C20H24N6O2. The smallest absolute Gasteiger partial charge is 0.317 e. The molecule has 1 saturated heterocycles. The zero-order valence-electron chi connectivity index (χ0n) is 16.1. The monoisotopic (exact) mass is 380 g/mol. The van der Waals surface area contributed by atoms with Gasteiger partial charge in [-0.1, -0.05) is 6.07 Å². The first-order chi connectivity index (χ1) is 13.5. The number of pyridine rings is 2. The fraction of sp³-hybridized carbons (Fsp3) is 0.400. The molecule has 0 bridgehead atoms. The molecule has 3 heterocycles. The van der Waals surface area contributed by atoms with E-state index in [1.54, 1.807) is 29.4 Å². The number of carbonyl (C=O) groups is 1. The van der Waals surface area contributed by atoms with Crippen LogP contribution in [0.1, 0.15) is 25.0 Å². The molecule has 0 unspecified atom stereocenters. The number of ether oxygens (including phenoxy) is 1. The van der Waals surface area contributed by atoms with E-state index in [1.807, 2.05) is 26.0 Å². The van der Waals surface area contributed by atoms with Crippen molar-refractivity contribution in [3.63, 3.8) is 0 Å². The van der Waals surface area contributed by atoms with Crippen molar-refractivity contribution in [3.8, 4) is 11.9 Å². The molecule has 1 N–H and O–H groups in total. The molecule has 1 fully saturated rings. The zero-order valence-corrected chi connectivity index (χ0v) is 16.1. The first-order valence-electron chi connectivity index (χ1n) is 9.30.